The van der Waals surface area contributed by atoms with Gasteiger partial charge in [-0.3, -0.25) is 4.79 Å². The summed E-state index contributed by atoms with van der Waals surface area (Å²) in [4.78, 5) is 17.3. The predicted octanol–water partition coefficient (Wildman–Crippen LogP) is 5.67. The standard InChI is InChI=1S/C22H24Br2ClN3O2/c1-3-27-9-11-28(12-10-27)21-18(25)5-4-6-19(21)26-20(29)8-7-15-13-16(23)14-17(24)22(15)30-2/h4-8,13-14H,3,9-12H2,1-2H3,(H,26,29). The van der Waals surface area contributed by atoms with E-state index in [-0.39, 0.29) is 5.91 Å². The Labute approximate surface area is 199 Å². The van der Waals surface area contributed by atoms with Crippen molar-refractivity contribution in [3.8, 4) is 5.75 Å². The number of methoxy groups -OCH3 is 1. The second kappa shape index (κ2) is 10.7. The molecule has 2 aromatic rings. The number of nitrogens with zero attached hydrogens (tertiary/aromatic N) is 2. The number of anilines is 2. The number of piperazine rings is 1. The van der Waals surface area contributed by atoms with Crippen LogP contribution in [0.1, 0.15) is 12.5 Å². The number of ether oxygens (including phenoxy) is 1. The topological polar surface area (TPSA) is 44.8 Å². The van der Waals surface area contributed by atoms with Crippen LogP contribution in [0.3, 0.4) is 0 Å². The zero-order chi connectivity index (χ0) is 21.7. The summed E-state index contributed by atoms with van der Waals surface area (Å²) in [5, 5.41) is 3.62. The van der Waals surface area contributed by atoms with Gasteiger partial charge >= 0.3 is 0 Å². The molecule has 0 atom stereocenters. The summed E-state index contributed by atoms with van der Waals surface area (Å²) in [6, 6.07) is 9.38. The molecule has 2 aromatic carbocycles. The zero-order valence-electron chi connectivity index (χ0n) is 16.9. The molecule has 5 nitrogen and oxygen atoms in total. The Morgan fingerprint density at radius 3 is 2.63 bits per heavy atom. The minimum Gasteiger partial charge on any atom is -0.495 e. The Hall–Kier alpha value is -1.54. The Kier molecular flexibility index (Phi) is 8.22. The first-order valence-corrected chi connectivity index (χ1v) is 11.7. The third kappa shape index (κ3) is 5.58. The van der Waals surface area contributed by atoms with Gasteiger partial charge in [0.05, 0.1) is 28.0 Å². The number of likely N-dealkylation sites (N-methyl/N-ethyl adjacent to an activating group) is 1. The quantitative estimate of drug-likeness (QED) is 0.465. The molecule has 0 unspecified atom stereocenters. The maximum absolute atomic E-state index is 12.7. The van der Waals surface area contributed by atoms with Crippen LogP contribution < -0.4 is 15.0 Å². The molecule has 1 fully saturated rings. The predicted molar refractivity (Wildman–Crippen MR) is 132 cm³/mol. The average Bonchev–Trinajstić information content (AvgIpc) is 2.72. The first kappa shape index (κ1) is 23.1. The molecular weight excluding hydrogens is 534 g/mol. The van der Waals surface area contributed by atoms with Crippen LogP contribution in [0.2, 0.25) is 5.02 Å². The van der Waals surface area contributed by atoms with Crippen LogP contribution in [-0.2, 0) is 4.79 Å². The lowest BCUT2D eigenvalue weighted by atomic mass is 10.1. The SMILES string of the molecule is CCN1CCN(c2c(Cl)cccc2NC(=O)C=Cc2cc(Br)cc(Br)c2OC)CC1. The van der Waals surface area contributed by atoms with Crippen LogP contribution in [0.15, 0.2) is 45.4 Å². The molecule has 1 aliphatic heterocycles. The number of hydrogen-bond donors (Lipinski definition) is 1. The third-order valence-corrected chi connectivity index (χ3v) is 6.39. The molecular formula is C22H24Br2ClN3O2. The largest absolute Gasteiger partial charge is 0.495 e. The van der Waals surface area contributed by atoms with E-state index in [0.29, 0.717) is 16.5 Å². The first-order chi connectivity index (χ1) is 14.4. The van der Waals surface area contributed by atoms with Gasteiger partial charge in [0.1, 0.15) is 5.75 Å². The molecule has 0 aliphatic carbocycles. The number of rotatable bonds is 6. The third-order valence-electron chi connectivity index (χ3n) is 5.04. The van der Waals surface area contributed by atoms with Crippen molar-refractivity contribution in [1.29, 1.82) is 0 Å². The average molecular weight is 558 g/mol. The smallest absolute Gasteiger partial charge is 0.248 e. The van der Waals surface area contributed by atoms with E-state index >= 15 is 0 Å². The normalized spacial score (nSPS) is 14.9. The van der Waals surface area contributed by atoms with E-state index in [9.17, 15) is 4.79 Å². The Morgan fingerprint density at radius 1 is 1.23 bits per heavy atom. The molecule has 0 bridgehead atoms. The summed E-state index contributed by atoms with van der Waals surface area (Å²) >= 11 is 13.5. The van der Waals surface area contributed by atoms with Gasteiger partial charge in [-0.1, -0.05) is 40.5 Å². The van der Waals surface area contributed by atoms with Crippen molar-refractivity contribution in [3.63, 3.8) is 0 Å². The number of nitrogens with one attached hydrogen (secondary N) is 1. The molecule has 0 radical (unpaired) electrons. The summed E-state index contributed by atoms with van der Waals surface area (Å²) in [6.07, 6.45) is 3.23. The van der Waals surface area contributed by atoms with Crippen LogP contribution >= 0.6 is 43.5 Å². The van der Waals surface area contributed by atoms with Gasteiger partial charge in [0.15, 0.2) is 0 Å². The molecule has 1 aliphatic rings. The van der Waals surface area contributed by atoms with Crippen LogP contribution in [0.4, 0.5) is 11.4 Å². The lowest BCUT2D eigenvalue weighted by Crippen LogP contribution is -2.46. The molecule has 1 N–H and O–H groups in total. The maximum Gasteiger partial charge on any atom is 0.248 e. The van der Waals surface area contributed by atoms with Gasteiger partial charge < -0.3 is 19.9 Å². The summed E-state index contributed by atoms with van der Waals surface area (Å²) in [5.74, 6) is 0.434. The second-order valence-corrected chi connectivity index (χ2v) is 9.07. The van der Waals surface area contributed by atoms with E-state index < -0.39 is 0 Å². The number of halogens is 3. The van der Waals surface area contributed by atoms with E-state index in [1.807, 2.05) is 30.3 Å². The fraction of sp³-hybridized carbons (Fsp3) is 0.318. The van der Waals surface area contributed by atoms with Gasteiger partial charge in [-0.2, -0.15) is 0 Å². The molecule has 1 saturated heterocycles. The Morgan fingerprint density at radius 2 is 1.97 bits per heavy atom. The van der Waals surface area contributed by atoms with Gasteiger partial charge in [0.2, 0.25) is 5.91 Å². The summed E-state index contributed by atoms with van der Waals surface area (Å²) in [5.41, 5.74) is 2.37. The van der Waals surface area contributed by atoms with E-state index in [4.69, 9.17) is 16.3 Å². The number of carbonyl (C=O) groups is 1. The van der Waals surface area contributed by atoms with Gasteiger partial charge in [0, 0.05) is 42.3 Å². The van der Waals surface area contributed by atoms with Crippen molar-refractivity contribution in [2.75, 3.05) is 50.1 Å². The highest BCUT2D eigenvalue weighted by molar-refractivity contribution is 9.11. The van der Waals surface area contributed by atoms with Gasteiger partial charge in [-0.05, 0) is 52.8 Å². The fourth-order valence-corrected chi connectivity index (χ4v) is 5.20. The molecule has 30 heavy (non-hydrogen) atoms. The lowest BCUT2D eigenvalue weighted by molar-refractivity contribution is -0.111. The number of hydrogen-bond acceptors (Lipinski definition) is 4. The molecule has 3 rings (SSSR count). The highest BCUT2D eigenvalue weighted by Gasteiger charge is 2.21. The van der Waals surface area contributed by atoms with Crippen molar-refractivity contribution in [1.82, 2.24) is 4.90 Å². The molecule has 1 heterocycles. The zero-order valence-corrected chi connectivity index (χ0v) is 20.8. The molecule has 1 amide bonds. The van der Waals surface area contributed by atoms with Crippen molar-refractivity contribution in [2.45, 2.75) is 6.92 Å². The van der Waals surface area contributed by atoms with E-state index in [1.54, 1.807) is 13.2 Å². The molecule has 8 heteroatoms. The number of benzene rings is 2. The van der Waals surface area contributed by atoms with Crippen LogP contribution in [-0.4, -0.2) is 50.6 Å². The summed E-state index contributed by atoms with van der Waals surface area (Å²) < 4.78 is 7.13. The monoisotopic (exact) mass is 555 g/mol. The molecule has 0 saturated carbocycles. The molecule has 0 aromatic heterocycles. The minimum atomic E-state index is -0.233. The molecule has 0 spiro atoms. The van der Waals surface area contributed by atoms with Gasteiger partial charge in [-0.15, -0.1) is 0 Å². The van der Waals surface area contributed by atoms with E-state index in [1.165, 1.54) is 6.08 Å². The number of amides is 1. The van der Waals surface area contributed by atoms with Gasteiger partial charge in [0.25, 0.3) is 0 Å². The lowest BCUT2D eigenvalue weighted by Gasteiger charge is -2.36. The van der Waals surface area contributed by atoms with Crippen LogP contribution in [0.25, 0.3) is 6.08 Å². The highest BCUT2D eigenvalue weighted by Crippen LogP contribution is 2.35. The maximum atomic E-state index is 12.7. The summed E-state index contributed by atoms with van der Waals surface area (Å²) in [6.45, 7) is 6.92. The fourth-order valence-electron chi connectivity index (χ4n) is 3.48. The number of para-hydroxylation sites is 1. The van der Waals surface area contributed by atoms with Crippen LogP contribution in [0.5, 0.6) is 5.75 Å². The highest BCUT2D eigenvalue weighted by atomic mass is 79.9. The van der Waals surface area contributed by atoms with Crippen molar-refractivity contribution in [3.05, 3.63) is 55.9 Å². The molecule has 160 valence electrons. The van der Waals surface area contributed by atoms with Crippen molar-refractivity contribution in [2.24, 2.45) is 0 Å². The first-order valence-electron chi connectivity index (χ1n) is 9.70. The van der Waals surface area contributed by atoms with Crippen molar-refractivity contribution < 1.29 is 9.53 Å². The van der Waals surface area contributed by atoms with E-state index in [0.717, 1.165) is 52.9 Å². The minimum absolute atomic E-state index is 0.233. The van der Waals surface area contributed by atoms with Crippen molar-refractivity contribution >= 4 is 66.8 Å². The Bertz CT molecular complexity index is 944. The van der Waals surface area contributed by atoms with E-state index in [2.05, 4.69) is 53.9 Å². The second-order valence-electron chi connectivity index (χ2n) is 6.89. The Balaban J connectivity index is 1.78. The number of carbonyl (C=O) groups excluding carboxylic acids is 1. The summed E-state index contributed by atoms with van der Waals surface area (Å²) in [7, 11) is 1.60. The van der Waals surface area contributed by atoms with Gasteiger partial charge in [-0.25, -0.2) is 0 Å². The van der Waals surface area contributed by atoms with Crippen LogP contribution in [0, 0.1) is 0 Å².